The number of aryl methyl sites for hydroxylation is 2. The molecule has 0 saturated heterocycles. The van der Waals surface area contributed by atoms with Crippen molar-refractivity contribution in [3.05, 3.63) is 131 Å². The Morgan fingerprint density at radius 1 is 0.769 bits per heavy atom. The maximum atomic E-state index is 9.45. The zero-order chi connectivity index (χ0) is 28.4. The van der Waals surface area contributed by atoms with Crippen molar-refractivity contribution in [1.29, 1.82) is 5.26 Å². The molecule has 0 amide bonds. The van der Waals surface area contributed by atoms with Gasteiger partial charge in [0.1, 0.15) is 11.5 Å². The summed E-state index contributed by atoms with van der Waals surface area (Å²) in [6.45, 7) is 15.4. The van der Waals surface area contributed by atoms with Crippen molar-refractivity contribution in [1.82, 2.24) is 9.13 Å². The molecule has 0 fully saturated rings. The van der Waals surface area contributed by atoms with Crippen LogP contribution in [0.5, 0.6) is 0 Å². The van der Waals surface area contributed by atoms with Gasteiger partial charge < -0.3 is 13.9 Å². The second-order valence-electron chi connectivity index (χ2n) is 8.31. The Bertz CT molecular complexity index is 1580. The number of allylic oxidation sites excluding steroid dienone is 6. The van der Waals surface area contributed by atoms with Crippen LogP contribution in [0.2, 0.25) is 0 Å². The van der Waals surface area contributed by atoms with Crippen LogP contribution in [-0.2, 0) is 18.8 Å². The molecule has 0 radical (unpaired) electrons. The van der Waals surface area contributed by atoms with Crippen LogP contribution in [0.25, 0.3) is 38.8 Å². The molecular formula is C34H34N4O. The van der Waals surface area contributed by atoms with E-state index in [9.17, 15) is 5.26 Å². The molecule has 0 bridgehead atoms. The summed E-state index contributed by atoms with van der Waals surface area (Å²) in [6, 6.07) is 18.4. The highest BCUT2D eigenvalue weighted by atomic mass is 16.5. The molecule has 0 spiro atoms. The maximum absolute atomic E-state index is 9.45. The minimum Gasteiger partial charge on any atom is -0.457 e. The summed E-state index contributed by atoms with van der Waals surface area (Å²) in [6.07, 6.45) is 15.3. The molecule has 1 aliphatic heterocycles. The SMILES string of the molecule is CC.CC.[C-]#[N+]C(C#N)=C1C=C(/C=C/c2cn(C)c3ccccc23)OC(/C=C/c2cn(C)c3ccccc23)=C1. The summed E-state index contributed by atoms with van der Waals surface area (Å²) >= 11 is 0. The number of ether oxygens (including phenoxy) is 1. The van der Waals surface area contributed by atoms with Gasteiger partial charge in [0, 0.05) is 59.4 Å². The number of rotatable bonds is 4. The molecule has 2 aromatic carbocycles. The average molecular weight is 515 g/mol. The van der Waals surface area contributed by atoms with Crippen molar-refractivity contribution in [3.63, 3.8) is 0 Å². The predicted octanol–water partition coefficient (Wildman–Crippen LogP) is 8.94. The predicted molar refractivity (Wildman–Crippen MR) is 163 cm³/mol. The summed E-state index contributed by atoms with van der Waals surface area (Å²) in [5.74, 6) is 1.12. The molecule has 39 heavy (non-hydrogen) atoms. The third kappa shape index (κ3) is 6.29. The molecule has 0 saturated carbocycles. The van der Waals surface area contributed by atoms with Crippen LogP contribution < -0.4 is 0 Å². The Balaban J connectivity index is 0.00000100. The summed E-state index contributed by atoms with van der Waals surface area (Å²) in [7, 11) is 4.04. The van der Waals surface area contributed by atoms with Crippen molar-refractivity contribution >= 4 is 34.0 Å². The maximum Gasteiger partial charge on any atom is 0.269 e. The van der Waals surface area contributed by atoms with E-state index in [2.05, 4.69) is 50.6 Å². The van der Waals surface area contributed by atoms with Crippen molar-refractivity contribution in [2.45, 2.75) is 27.7 Å². The van der Waals surface area contributed by atoms with E-state index in [0.717, 1.165) is 32.9 Å². The first-order valence-electron chi connectivity index (χ1n) is 13.1. The number of para-hydroxylation sites is 2. The first-order chi connectivity index (χ1) is 19.1. The lowest BCUT2D eigenvalue weighted by Gasteiger charge is -2.14. The van der Waals surface area contributed by atoms with Gasteiger partial charge in [-0.3, -0.25) is 0 Å². The van der Waals surface area contributed by atoms with Crippen molar-refractivity contribution < 1.29 is 4.74 Å². The number of nitriles is 1. The minimum atomic E-state index is 0.0282. The van der Waals surface area contributed by atoms with Gasteiger partial charge in [0.05, 0.1) is 12.6 Å². The van der Waals surface area contributed by atoms with Crippen molar-refractivity contribution in [2.75, 3.05) is 0 Å². The first kappa shape index (κ1) is 28.6. The van der Waals surface area contributed by atoms with Gasteiger partial charge in [0.2, 0.25) is 0 Å². The van der Waals surface area contributed by atoms with Gasteiger partial charge in [-0.15, -0.1) is 0 Å². The smallest absolute Gasteiger partial charge is 0.269 e. The quantitative estimate of drug-likeness (QED) is 0.202. The van der Waals surface area contributed by atoms with E-state index < -0.39 is 0 Å². The van der Waals surface area contributed by atoms with Crippen LogP contribution in [0, 0.1) is 17.9 Å². The van der Waals surface area contributed by atoms with Gasteiger partial charge in [0.25, 0.3) is 5.70 Å². The Kier molecular flexibility index (Phi) is 9.90. The van der Waals surface area contributed by atoms with Gasteiger partial charge >= 0.3 is 0 Å². The zero-order valence-corrected chi connectivity index (χ0v) is 23.4. The normalized spacial score (nSPS) is 12.6. The number of fused-ring (bicyclic) bond motifs is 2. The molecule has 0 atom stereocenters. The third-order valence-electron chi connectivity index (χ3n) is 6.03. The van der Waals surface area contributed by atoms with E-state index in [4.69, 9.17) is 11.3 Å². The van der Waals surface area contributed by atoms with Gasteiger partial charge in [-0.2, -0.15) is 0 Å². The van der Waals surface area contributed by atoms with Crippen LogP contribution >= 0.6 is 0 Å². The van der Waals surface area contributed by atoms with Gasteiger partial charge in [-0.1, -0.05) is 64.1 Å². The lowest BCUT2D eigenvalue weighted by molar-refractivity contribution is 0.332. The van der Waals surface area contributed by atoms with E-state index in [1.807, 2.05) is 96.4 Å². The second-order valence-corrected chi connectivity index (χ2v) is 8.31. The second kappa shape index (κ2) is 13.5. The molecule has 196 valence electrons. The fourth-order valence-corrected chi connectivity index (χ4v) is 4.35. The number of hydrogen-bond donors (Lipinski definition) is 0. The Labute approximate surface area is 231 Å². The lowest BCUT2D eigenvalue weighted by Crippen LogP contribution is -1.98. The summed E-state index contributed by atoms with van der Waals surface area (Å²) in [4.78, 5) is 3.39. The van der Waals surface area contributed by atoms with E-state index in [-0.39, 0.29) is 5.70 Å². The monoisotopic (exact) mass is 514 g/mol. The van der Waals surface area contributed by atoms with Crippen molar-refractivity contribution in [3.8, 4) is 6.07 Å². The number of hydrogen-bond acceptors (Lipinski definition) is 2. The van der Waals surface area contributed by atoms with E-state index >= 15 is 0 Å². The first-order valence-corrected chi connectivity index (χ1v) is 13.1. The summed E-state index contributed by atoms with van der Waals surface area (Å²) in [5.41, 5.74) is 4.97. The van der Waals surface area contributed by atoms with Crippen molar-refractivity contribution in [2.24, 2.45) is 14.1 Å². The average Bonchev–Trinajstić information content (AvgIpc) is 3.49. The molecule has 1 aliphatic rings. The molecule has 2 aromatic heterocycles. The zero-order valence-electron chi connectivity index (χ0n) is 23.4. The number of benzene rings is 2. The third-order valence-corrected chi connectivity index (χ3v) is 6.03. The molecule has 5 heteroatoms. The fourth-order valence-electron chi connectivity index (χ4n) is 4.35. The van der Waals surface area contributed by atoms with E-state index in [0.29, 0.717) is 17.1 Å². The van der Waals surface area contributed by atoms with E-state index in [1.165, 1.54) is 0 Å². The van der Waals surface area contributed by atoms with Crippen LogP contribution in [-0.4, -0.2) is 9.13 Å². The largest absolute Gasteiger partial charge is 0.457 e. The lowest BCUT2D eigenvalue weighted by atomic mass is 10.1. The Morgan fingerprint density at radius 3 is 1.62 bits per heavy atom. The molecule has 5 nitrogen and oxygen atoms in total. The van der Waals surface area contributed by atoms with E-state index in [1.54, 1.807) is 12.2 Å². The van der Waals surface area contributed by atoms with Crippen LogP contribution in [0.15, 0.2) is 108 Å². The molecule has 3 heterocycles. The number of aromatic nitrogens is 2. The highest BCUT2D eigenvalue weighted by Gasteiger charge is 2.13. The molecular weight excluding hydrogens is 480 g/mol. The summed E-state index contributed by atoms with van der Waals surface area (Å²) in [5, 5.41) is 11.7. The Morgan fingerprint density at radius 2 is 1.21 bits per heavy atom. The topological polar surface area (TPSA) is 47.2 Å². The van der Waals surface area contributed by atoms with Crippen LogP contribution in [0.1, 0.15) is 38.8 Å². The molecule has 5 rings (SSSR count). The highest BCUT2D eigenvalue weighted by molar-refractivity contribution is 5.90. The highest BCUT2D eigenvalue weighted by Crippen LogP contribution is 2.28. The van der Waals surface area contributed by atoms with Crippen LogP contribution in [0.4, 0.5) is 0 Å². The molecule has 4 aromatic rings. The number of nitrogens with zero attached hydrogens (tertiary/aromatic N) is 4. The minimum absolute atomic E-state index is 0.0282. The van der Waals surface area contributed by atoms with Gasteiger partial charge in [-0.05, 0) is 54.2 Å². The Hall–Kier alpha value is -5.00. The van der Waals surface area contributed by atoms with Gasteiger partial charge in [-0.25, -0.2) is 10.1 Å². The van der Waals surface area contributed by atoms with Crippen LogP contribution in [0.3, 0.4) is 0 Å². The van der Waals surface area contributed by atoms with Gasteiger partial charge in [0.15, 0.2) is 0 Å². The molecule has 0 unspecified atom stereocenters. The molecule has 0 aliphatic carbocycles. The molecule has 0 N–H and O–H groups in total. The fraction of sp³-hybridized carbons (Fsp3) is 0.176. The summed E-state index contributed by atoms with van der Waals surface area (Å²) < 4.78 is 10.3. The standard InChI is InChI=1S/C30H22N4O.2C2H6/c1-32-28(18-31)23-16-24(14-12-21-19-33(2)29-10-6-4-8-26(21)29)35-25(17-23)15-13-22-20-34(3)30-11-7-5-9-27(22)30;2*1-2/h4-17,19-20H,2-3H3;2*1-2H3/b14-12+,15-13+;;.